The maximum absolute atomic E-state index is 12.8. The van der Waals surface area contributed by atoms with Crippen molar-refractivity contribution >= 4 is 28.8 Å². The molecule has 6 heteroatoms. The summed E-state index contributed by atoms with van der Waals surface area (Å²) >= 11 is 7.43. The minimum Gasteiger partial charge on any atom is -0.337 e. The van der Waals surface area contributed by atoms with Crippen LogP contribution in [0.3, 0.4) is 0 Å². The number of carbonyl (C=O) groups is 1. The summed E-state index contributed by atoms with van der Waals surface area (Å²) in [6.07, 6.45) is 4.57. The van der Waals surface area contributed by atoms with Gasteiger partial charge in [-0.1, -0.05) is 23.7 Å². The highest BCUT2D eigenvalue weighted by atomic mass is 35.5. The van der Waals surface area contributed by atoms with Crippen LogP contribution >= 0.6 is 22.9 Å². The van der Waals surface area contributed by atoms with Gasteiger partial charge < -0.3 is 10.2 Å². The first-order valence-corrected chi connectivity index (χ1v) is 9.60. The van der Waals surface area contributed by atoms with Gasteiger partial charge in [0.05, 0.1) is 0 Å². The van der Waals surface area contributed by atoms with E-state index in [1.807, 2.05) is 41.6 Å². The number of thiazole rings is 1. The third kappa shape index (κ3) is 3.08. The maximum atomic E-state index is 12.8. The van der Waals surface area contributed by atoms with E-state index in [9.17, 15) is 4.79 Å². The fraction of sp³-hybridized carbons (Fsp3) is 0.444. The normalized spacial score (nSPS) is 25.7. The number of rotatable bonds is 3. The molecule has 0 spiro atoms. The molecule has 2 saturated heterocycles. The molecule has 0 saturated carbocycles. The summed E-state index contributed by atoms with van der Waals surface area (Å²) in [6.45, 7) is 0. The van der Waals surface area contributed by atoms with Crippen LogP contribution in [-0.4, -0.2) is 41.0 Å². The highest BCUT2D eigenvalue weighted by Gasteiger charge is 2.36. The van der Waals surface area contributed by atoms with Gasteiger partial charge in [0.15, 0.2) is 0 Å². The van der Waals surface area contributed by atoms with E-state index in [0.717, 1.165) is 23.4 Å². The summed E-state index contributed by atoms with van der Waals surface area (Å²) in [7, 11) is 1.92. The molecule has 1 amide bonds. The smallest absolute Gasteiger partial charge is 0.273 e. The number of amides is 1. The maximum Gasteiger partial charge on any atom is 0.273 e. The first-order valence-electron chi connectivity index (χ1n) is 8.35. The molecule has 2 bridgehead atoms. The third-order valence-corrected chi connectivity index (χ3v) is 6.27. The van der Waals surface area contributed by atoms with Gasteiger partial charge in [-0.2, -0.15) is 0 Å². The van der Waals surface area contributed by atoms with Crippen LogP contribution < -0.4 is 5.32 Å². The van der Waals surface area contributed by atoms with Crippen LogP contribution in [0.4, 0.5) is 0 Å². The van der Waals surface area contributed by atoms with Crippen LogP contribution in [0, 0.1) is 0 Å². The summed E-state index contributed by atoms with van der Waals surface area (Å²) in [5.41, 5.74) is 1.53. The van der Waals surface area contributed by atoms with Crippen molar-refractivity contribution in [1.82, 2.24) is 15.2 Å². The summed E-state index contributed by atoms with van der Waals surface area (Å²) in [6, 6.07) is 9.02. The number of halogens is 1. The highest BCUT2D eigenvalue weighted by Crippen LogP contribution is 2.31. The van der Waals surface area contributed by atoms with Crippen LogP contribution in [0.5, 0.6) is 0 Å². The Balaban J connectivity index is 1.49. The van der Waals surface area contributed by atoms with Crippen LogP contribution in [0.2, 0.25) is 5.02 Å². The molecule has 2 aromatic rings. The standard InChI is InChI=1S/C18H20ClN3OS/c1-22(15-8-13-6-7-14(9-15)20-13)18(23)16-10-24-17(21-16)11-2-4-12(19)5-3-11/h2-5,10,13-15,20H,6-9H2,1H3. The molecular formula is C18H20ClN3OS. The van der Waals surface area contributed by atoms with Gasteiger partial charge in [0.25, 0.3) is 5.91 Å². The molecule has 2 aliphatic rings. The van der Waals surface area contributed by atoms with Crippen molar-refractivity contribution in [2.75, 3.05) is 7.05 Å². The lowest BCUT2D eigenvalue weighted by molar-refractivity contribution is 0.0676. The van der Waals surface area contributed by atoms with Crippen molar-refractivity contribution in [2.45, 2.75) is 43.8 Å². The molecule has 0 aliphatic carbocycles. The number of hydrogen-bond donors (Lipinski definition) is 1. The molecule has 2 fully saturated rings. The molecular weight excluding hydrogens is 342 g/mol. The van der Waals surface area contributed by atoms with Crippen LogP contribution in [0.15, 0.2) is 29.6 Å². The second-order valence-corrected chi connectivity index (χ2v) is 8.02. The molecule has 2 atom stereocenters. The zero-order valence-electron chi connectivity index (χ0n) is 13.5. The number of fused-ring (bicyclic) bond motifs is 2. The molecule has 126 valence electrons. The van der Waals surface area contributed by atoms with Crippen LogP contribution in [-0.2, 0) is 0 Å². The van der Waals surface area contributed by atoms with E-state index in [2.05, 4.69) is 10.3 Å². The quantitative estimate of drug-likeness (QED) is 0.903. The van der Waals surface area contributed by atoms with Gasteiger partial charge in [0.2, 0.25) is 0 Å². The molecule has 1 aromatic carbocycles. The van der Waals surface area contributed by atoms with Crippen LogP contribution in [0.1, 0.15) is 36.2 Å². The molecule has 0 radical (unpaired) electrons. The van der Waals surface area contributed by atoms with Gasteiger partial charge in [-0.3, -0.25) is 4.79 Å². The zero-order valence-corrected chi connectivity index (χ0v) is 15.1. The number of nitrogens with one attached hydrogen (secondary N) is 1. The topological polar surface area (TPSA) is 45.2 Å². The number of benzene rings is 1. The molecule has 1 N–H and O–H groups in total. The van der Waals surface area contributed by atoms with E-state index in [0.29, 0.717) is 28.8 Å². The van der Waals surface area contributed by atoms with E-state index in [4.69, 9.17) is 11.6 Å². The van der Waals surface area contributed by atoms with Gasteiger partial charge in [0, 0.05) is 41.1 Å². The van der Waals surface area contributed by atoms with Gasteiger partial charge in [0.1, 0.15) is 10.7 Å². The number of piperidine rings is 1. The van der Waals surface area contributed by atoms with Crippen molar-refractivity contribution in [3.05, 3.63) is 40.4 Å². The predicted octanol–water partition coefficient (Wildman–Crippen LogP) is 3.82. The van der Waals surface area contributed by atoms with Gasteiger partial charge in [-0.15, -0.1) is 11.3 Å². The average molecular weight is 362 g/mol. The SMILES string of the molecule is CN(C(=O)c1csc(-c2ccc(Cl)cc2)n1)C1CC2CCC(C1)N2. The lowest BCUT2D eigenvalue weighted by atomic mass is 9.98. The number of aromatic nitrogens is 1. The summed E-state index contributed by atoms with van der Waals surface area (Å²) in [5.74, 6) is 0.0257. The van der Waals surface area contributed by atoms with Gasteiger partial charge >= 0.3 is 0 Å². The first-order chi connectivity index (χ1) is 11.6. The van der Waals surface area contributed by atoms with Crippen molar-refractivity contribution in [3.63, 3.8) is 0 Å². The highest BCUT2D eigenvalue weighted by molar-refractivity contribution is 7.13. The molecule has 4 nitrogen and oxygen atoms in total. The second-order valence-electron chi connectivity index (χ2n) is 6.72. The number of nitrogens with zero attached hydrogens (tertiary/aromatic N) is 2. The molecule has 24 heavy (non-hydrogen) atoms. The minimum absolute atomic E-state index is 0.0257. The lowest BCUT2D eigenvalue weighted by Gasteiger charge is -2.35. The van der Waals surface area contributed by atoms with E-state index < -0.39 is 0 Å². The van der Waals surface area contributed by atoms with Crippen LogP contribution in [0.25, 0.3) is 10.6 Å². The van der Waals surface area contributed by atoms with E-state index >= 15 is 0 Å². The summed E-state index contributed by atoms with van der Waals surface area (Å²) < 4.78 is 0. The Morgan fingerprint density at radius 2 is 1.92 bits per heavy atom. The molecule has 4 rings (SSSR count). The summed E-state index contributed by atoms with van der Waals surface area (Å²) in [5, 5.41) is 7.04. The van der Waals surface area contributed by atoms with Gasteiger partial charge in [-0.25, -0.2) is 4.98 Å². The monoisotopic (exact) mass is 361 g/mol. The molecule has 2 aliphatic heterocycles. The fourth-order valence-corrected chi connectivity index (χ4v) is 4.71. The van der Waals surface area contributed by atoms with E-state index in [1.165, 1.54) is 24.2 Å². The molecule has 2 unspecified atom stereocenters. The van der Waals surface area contributed by atoms with Crippen molar-refractivity contribution in [2.24, 2.45) is 0 Å². The van der Waals surface area contributed by atoms with E-state index in [-0.39, 0.29) is 5.91 Å². The van der Waals surface area contributed by atoms with Crippen molar-refractivity contribution in [1.29, 1.82) is 0 Å². The molecule has 1 aromatic heterocycles. The van der Waals surface area contributed by atoms with Crippen molar-refractivity contribution in [3.8, 4) is 10.6 Å². The Kier molecular flexibility index (Phi) is 4.33. The lowest BCUT2D eigenvalue weighted by Crippen LogP contribution is -2.48. The predicted molar refractivity (Wildman–Crippen MR) is 97.6 cm³/mol. The Hall–Kier alpha value is -1.43. The average Bonchev–Trinajstić information content (AvgIpc) is 3.21. The number of hydrogen-bond acceptors (Lipinski definition) is 4. The number of carbonyl (C=O) groups excluding carboxylic acids is 1. The fourth-order valence-electron chi connectivity index (χ4n) is 3.79. The Labute approximate surface area is 150 Å². The Bertz CT molecular complexity index is 733. The van der Waals surface area contributed by atoms with Crippen molar-refractivity contribution < 1.29 is 4.79 Å². The third-order valence-electron chi connectivity index (χ3n) is 5.13. The second kappa shape index (κ2) is 6.47. The Morgan fingerprint density at radius 3 is 2.58 bits per heavy atom. The first kappa shape index (κ1) is 16.1. The summed E-state index contributed by atoms with van der Waals surface area (Å²) in [4.78, 5) is 19.2. The zero-order chi connectivity index (χ0) is 16.7. The van der Waals surface area contributed by atoms with Gasteiger partial charge in [-0.05, 0) is 37.8 Å². The largest absolute Gasteiger partial charge is 0.337 e. The Morgan fingerprint density at radius 1 is 1.25 bits per heavy atom. The van der Waals surface area contributed by atoms with E-state index in [1.54, 1.807) is 0 Å². The minimum atomic E-state index is 0.0257. The molecule has 3 heterocycles.